The number of aryl methyl sites for hydroxylation is 1. The lowest BCUT2D eigenvalue weighted by Gasteiger charge is -2.32. The Balaban J connectivity index is 1.69. The summed E-state index contributed by atoms with van der Waals surface area (Å²) in [5, 5.41) is 72.9. The van der Waals surface area contributed by atoms with Crippen LogP contribution >= 0.6 is 0 Å². The molecular formula is C35H44O10. The molecular weight excluding hydrogens is 580 g/mol. The number of rotatable bonds is 13. The second-order valence-electron chi connectivity index (χ2n) is 12.7. The highest BCUT2D eigenvalue weighted by Crippen LogP contribution is 2.49. The summed E-state index contributed by atoms with van der Waals surface area (Å²) in [6.07, 6.45) is 6.31. The largest absolute Gasteiger partial charge is 0.507 e. The zero-order valence-corrected chi connectivity index (χ0v) is 26.7. The van der Waals surface area contributed by atoms with Gasteiger partial charge in [0, 0.05) is 28.3 Å². The van der Waals surface area contributed by atoms with Gasteiger partial charge in [0.15, 0.2) is 5.60 Å². The number of aliphatic hydroxyl groups is 3. The molecule has 0 aliphatic heterocycles. The quantitative estimate of drug-likeness (QED) is 0.0856. The molecule has 1 aliphatic rings. The predicted molar refractivity (Wildman–Crippen MR) is 170 cm³/mol. The van der Waals surface area contributed by atoms with Crippen LogP contribution in [0.1, 0.15) is 104 Å². The Morgan fingerprint density at radius 3 is 2.02 bits per heavy atom. The number of phenolic OH excluding ortho intramolecular Hbond substituents is 3. The van der Waals surface area contributed by atoms with Crippen LogP contribution in [-0.4, -0.2) is 70.6 Å². The third kappa shape index (κ3) is 7.30. The first kappa shape index (κ1) is 35.5. The van der Waals surface area contributed by atoms with E-state index in [1.54, 1.807) is 26.0 Å². The Labute approximate surface area is 262 Å². The Kier molecular flexibility index (Phi) is 10.7. The smallest absolute Gasteiger partial charge is 0.331 e. The van der Waals surface area contributed by atoms with E-state index >= 15 is 0 Å². The summed E-state index contributed by atoms with van der Waals surface area (Å²) in [6.45, 7) is 9.66. The van der Waals surface area contributed by atoms with Crippen LogP contribution in [0.15, 0.2) is 41.0 Å². The number of hydrogen-bond acceptors (Lipinski definition) is 9. The van der Waals surface area contributed by atoms with E-state index in [1.165, 1.54) is 26.8 Å². The summed E-state index contributed by atoms with van der Waals surface area (Å²) >= 11 is 0. The molecule has 2 aromatic carbocycles. The van der Waals surface area contributed by atoms with Crippen LogP contribution in [0.4, 0.5) is 0 Å². The van der Waals surface area contributed by atoms with Crippen molar-refractivity contribution in [1.29, 1.82) is 0 Å². The number of carbonyl (C=O) groups excluding carboxylic acids is 2. The molecule has 0 radical (unpaired) electrons. The van der Waals surface area contributed by atoms with Crippen molar-refractivity contribution in [3.05, 3.63) is 63.3 Å². The minimum Gasteiger partial charge on any atom is -0.507 e. The maximum absolute atomic E-state index is 13.6. The molecule has 0 saturated heterocycles. The third-order valence-corrected chi connectivity index (χ3v) is 8.63. The molecule has 0 bridgehead atoms. The van der Waals surface area contributed by atoms with Crippen molar-refractivity contribution in [2.24, 2.45) is 0 Å². The van der Waals surface area contributed by atoms with E-state index in [4.69, 9.17) is 0 Å². The maximum Gasteiger partial charge on any atom is 0.331 e. The molecule has 2 atom stereocenters. The normalized spacial score (nSPS) is 18.6. The molecule has 244 valence electrons. The van der Waals surface area contributed by atoms with Crippen molar-refractivity contribution < 1.29 is 50.1 Å². The second kappa shape index (κ2) is 13.6. The van der Waals surface area contributed by atoms with E-state index in [2.05, 4.69) is 0 Å². The summed E-state index contributed by atoms with van der Waals surface area (Å²) in [4.78, 5) is 38.6. The van der Waals surface area contributed by atoms with Gasteiger partial charge < -0.3 is 35.7 Å². The number of ketones is 2. The number of aliphatic carboxylic acids is 1. The summed E-state index contributed by atoms with van der Waals surface area (Å²) in [7, 11) is 0. The fourth-order valence-electron chi connectivity index (χ4n) is 5.60. The van der Waals surface area contributed by atoms with E-state index < -0.39 is 46.3 Å². The summed E-state index contributed by atoms with van der Waals surface area (Å²) in [5.41, 5.74) is -2.08. The minimum absolute atomic E-state index is 0.0235. The lowest BCUT2D eigenvalue weighted by atomic mass is 9.73. The molecule has 0 amide bonds. The van der Waals surface area contributed by atoms with Crippen molar-refractivity contribution in [1.82, 2.24) is 0 Å². The van der Waals surface area contributed by atoms with Gasteiger partial charge in [-0.05, 0) is 91.7 Å². The topological polar surface area (TPSA) is 193 Å². The zero-order chi connectivity index (χ0) is 34.0. The highest BCUT2D eigenvalue weighted by molar-refractivity contribution is 6.36. The lowest BCUT2D eigenvalue weighted by molar-refractivity contribution is -0.133. The molecule has 10 heteroatoms. The molecule has 45 heavy (non-hydrogen) atoms. The Morgan fingerprint density at radius 2 is 1.44 bits per heavy atom. The van der Waals surface area contributed by atoms with Crippen molar-refractivity contribution in [2.75, 3.05) is 0 Å². The lowest BCUT2D eigenvalue weighted by Crippen LogP contribution is -2.49. The molecule has 3 rings (SSSR count). The average molecular weight is 625 g/mol. The number of carboxylic acids is 1. The number of aromatic hydroxyl groups is 3. The number of carboxylic acid groups (broad SMARTS) is 1. The summed E-state index contributed by atoms with van der Waals surface area (Å²) < 4.78 is 0. The van der Waals surface area contributed by atoms with Crippen LogP contribution in [0.5, 0.6) is 17.2 Å². The third-order valence-electron chi connectivity index (χ3n) is 8.63. The van der Waals surface area contributed by atoms with Crippen LogP contribution in [0.3, 0.4) is 0 Å². The van der Waals surface area contributed by atoms with Gasteiger partial charge in [-0.2, -0.15) is 0 Å². The molecule has 0 unspecified atom stereocenters. The first-order chi connectivity index (χ1) is 20.8. The Morgan fingerprint density at radius 1 is 0.889 bits per heavy atom. The number of benzene rings is 2. The monoisotopic (exact) mass is 624 g/mol. The Bertz CT molecular complexity index is 1620. The standard InChI is InChI=1S/C35H44O10/c1-18(11-8-12-22(33(42)43)13-14-24(37)34(5,6)44)9-7-10-19(2)15-16-35(45)31(40)26-23(36)17-20(3)25-27(26)28(32(35)41)30(39)21(4)29(25)38/h9,12,15,17,24,36-39,44-45H,7-8,10-11,13-14,16H2,1-6H3,(H,42,43)/b18-9+,19-15+,22-12-/t24-,35+/m1/s1. The molecule has 0 spiro atoms. The SMILES string of the molecule is C/C(=C\CC/C(C)=C/C[C@]1(O)C(=O)c2c(O)cc(C)c3c(O)c(C)c(O)c(c23)C1=O)CC/C=C(/CC[C@@H](O)C(C)(C)O)C(=O)O. The highest BCUT2D eigenvalue weighted by Gasteiger charge is 2.51. The number of allylic oxidation sites excluding steroid dienone is 4. The highest BCUT2D eigenvalue weighted by atomic mass is 16.4. The van der Waals surface area contributed by atoms with Gasteiger partial charge >= 0.3 is 5.97 Å². The molecule has 10 nitrogen and oxygen atoms in total. The van der Waals surface area contributed by atoms with E-state index in [1.807, 2.05) is 13.0 Å². The van der Waals surface area contributed by atoms with E-state index in [-0.39, 0.29) is 58.0 Å². The van der Waals surface area contributed by atoms with Crippen LogP contribution in [0.25, 0.3) is 10.8 Å². The number of hydrogen-bond donors (Lipinski definition) is 7. The summed E-state index contributed by atoms with van der Waals surface area (Å²) in [6, 6.07) is 1.28. The second-order valence-corrected chi connectivity index (χ2v) is 12.7. The number of aliphatic hydroxyl groups excluding tert-OH is 1. The average Bonchev–Trinajstić information content (AvgIpc) is 2.94. The van der Waals surface area contributed by atoms with E-state index in [0.717, 1.165) is 11.1 Å². The fourth-order valence-corrected chi connectivity index (χ4v) is 5.60. The fraction of sp³-hybridized carbons (Fsp3) is 0.457. The molecule has 0 fully saturated rings. The van der Waals surface area contributed by atoms with Crippen LogP contribution in [-0.2, 0) is 4.79 Å². The van der Waals surface area contributed by atoms with Gasteiger partial charge in [-0.25, -0.2) is 4.79 Å². The maximum atomic E-state index is 13.6. The van der Waals surface area contributed by atoms with Crippen molar-refractivity contribution in [2.45, 2.75) is 104 Å². The summed E-state index contributed by atoms with van der Waals surface area (Å²) in [5.74, 6) is -4.40. The zero-order valence-electron chi connectivity index (χ0n) is 26.7. The minimum atomic E-state index is -2.56. The molecule has 0 heterocycles. The van der Waals surface area contributed by atoms with E-state index in [9.17, 15) is 50.1 Å². The van der Waals surface area contributed by atoms with Crippen molar-refractivity contribution in [3.8, 4) is 17.2 Å². The molecule has 1 aliphatic carbocycles. The van der Waals surface area contributed by atoms with Gasteiger partial charge in [-0.1, -0.05) is 29.4 Å². The first-order valence-corrected chi connectivity index (χ1v) is 15.0. The van der Waals surface area contributed by atoms with Gasteiger partial charge in [0.05, 0.1) is 22.8 Å². The van der Waals surface area contributed by atoms with Crippen molar-refractivity contribution >= 4 is 28.3 Å². The Hall–Kier alpha value is -3.99. The van der Waals surface area contributed by atoms with Crippen LogP contribution in [0.2, 0.25) is 0 Å². The number of phenols is 3. The molecule has 0 saturated carbocycles. The van der Waals surface area contributed by atoms with Crippen molar-refractivity contribution in [3.63, 3.8) is 0 Å². The molecule has 7 N–H and O–H groups in total. The molecule has 0 aromatic heterocycles. The predicted octanol–water partition coefficient (Wildman–Crippen LogP) is 5.45. The van der Waals surface area contributed by atoms with Gasteiger partial charge in [0.2, 0.25) is 11.6 Å². The van der Waals surface area contributed by atoms with Gasteiger partial charge in [-0.3, -0.25) is 9.59 Å². The van der Waals surface area contributed by atoms with Gasteiger partial charge in [-0.15, -0.1) is 0 Å². The van der Waals surface area contributed by atoms with E-state index in [0.29, 0.717) is 31.2 Å². The number of carbonyl (C=O) groups is 3. The van der Waals surface area contributed by atoms with Crippen LogP contribution < -0.4 is 0 Å². The number of Topliss-reactive ketones (excluding diaryl/α,β-unsaturated/α-hetero) is 2. The van der Waals surface area contributed by atoms with Gasteiger partial charge in [0.1, 0.15) is 17.2 Å². The first-order valence-electron chi connectivity index (χ1n) is 15.0. The van der Waals surface area contributed by atoms with Gasteiger partial charge in [0.25, 0.3) is 0 Å². The molecule has 2 aromatic rings. The van der Waals surface area contributed by atoms with Crippen LogP contribution in [0, 0.1) is 13.8 Å².